The molecular formula is C13H16O3. The molecule has 0 aliphatic carbocycles. The number of rotatable bonds is 5. The van der Waals surface area contributed by atoms with Crippen LogP contribution in [0.5, 0.6) is 5.75 Å². The van der Waals surface area contributed by atoms with E-state index < -0.39 is 11.9 Å². The van der Waals surface area contributed by atoms with E-state index in [9.17, 15) is 4.79 Å². The van der Waals surface area contributed by atoms with Crippen LogP contribution in [-0.4, -0.2) is 17.7 Å². The molecule has 0 fully saturated rings. The summed E-state index contributed by atoms with van der Waals surface area (Å²) in [5.41, 5.74) is 0.758. The van der Waals surface area contributed by atoms with Crippen molar-refractivity contribution in [1.82, 2.24) is 0 Å². The summed E-state index contributed by atoms with van der Waals surface area (Å²) in [5, 5.41) is 9.05. The molecule has 1 atom stereocenters. The average molecular weight is 220 g/mol. The molecule has 0 radical (unpaired) electrons. The normalized spacial score (nSPS) is 12.6. The van der Waals surface area contributed by atoms with Gasteiger partial charge in [-0.2, -0.15) is 0 Å². The smallest absolute Gasteiger partial charge is 0.314 e. The molecule has 86 valence electrons. The van der Waals surface area contributed by atoms with Gasteiger partial charge in [0.1, 0.15) is 5.75 Å². The Morgan fingerprint density at radius 1 is 1.44 bits per heavy atom. The molecule has 0 saturated heterocycles. The Hall–Kier alpha value is -1.77. The minimum atomic E-state index is -0.845. The highest BCUT2D eigenvalue weighted by Crippen LogP contribution is 2.21. The predicted octanol–water partition coefficient (Wildman–Crippen LogP) is 2.83. The van der Waals surface area contributed by atoms with Crippen molar-refractivity contribution in [2.75, 3.05) is 6.61 Å². The van der Waals surface area contributed by atoms with Crippen LogP contribution in [0, 0.1) is 0 Å². The van der Waals surface area contributed by atoms with Crippen LogP contribution in [0.1, 0.15) is 25.3 Å². The van der Waals surface area contributed by atoms with Crippen molar-refractivity contribution in [2.45, 2.75) is 19.8 Å². The maximum absolute atomic E-state index is 11.0. The summed E-state index contributed by atoms with van der Waals surface area (Å²) in [6.07, 6.45) is 3.41. The standard InChI is InChI=1S/C13H16O3/c1-3-5-12(13(14)15)10-6-8-11(9-7-10)16-4-2/h3,5-9,12H,4H2,1-2H3,(H,14,15). The summed E-state index contributed by atoms with van der Waals surface area (Å²) in [7, 11) is 0. The first kappa shape index (κ1) is 12.3. The van der Waals surface area contributed by atoms with Crippen LogP contribution in [0.25, 0.3) is 0 Å². The van der Waals surface area contributed by atoms with E-state index in [0.717, 1.165) is 11.3 Å². The molecule has 3 nitrogen and oxygen atoms in total. The van der Waals surface area contributed by atoms with Crippen molar-refractivity contribution in [3.8, 4) is 5.75 Å². The molecule has 1 N–H and O–H groups in total. The Morgan fingerprint density at radius 3 is 2.50 bits per heavy atom. The van der Waals surface area contributed by atoms with Gasteiger partial charge in [0.15, 0.2) is 0 Å². The van der Waals surface area contributed by atoms with Gasteiger partial charge in [0.05, 0.1) is 12.5 Å². The number of allylic oxidation sites excluding steroid dienone is 1. The largest absolute Gasteiger partial charge is 0.494 e. The van der Waals surface area contributed by atoms with Crippen molar-refractivity contribution in [3.05, 3.63) is 42.0 Å². The van der Waals surface area contributed by atoms with Crippen LogP contribution in [0.15, 0.2) is 36.4 Å². The van der Waals surface area contributed by atoms with Crippen LogP contribution in [0.2, 0.25) is 0 Å². The molecule has 0 spiro atoms. The van der Waals surface area contributed by atoms with Crippen molar-refractivity contribution < 1.29 is 14.6 Å². The van der Waals surface area contributed by atoms with Gasteiger partial charge in [-0.1, -0.05) is 24.3 Å². The molecule has 0 heterocycles. The van der Waals surface area contributed by atoms with E-state index in [1.807, 2.05) is 13.8 Å². The number of benzene rings is 1. The van der Waals surface area contributed by atoms with Gasteiger partial charge in [0.2, 0.25) is 0 Å². The highest BCUT2D eigenvalue weighted by atomic mass is 16.5. The zero-order chi connectivity index (χ0) is 12.0. The zero-order valence-corrected chi connectivity index (χ0v) is 9.51. The minimum absolute atomic E-state index is 0.583. The highest BCUT2D eigenvalue weighted by molar-refractivity contribution is 5.78. The van der Waals surface area contributed by atoms with Gasteiger partial charge in [-0.3, -0.25) is 4.79 Å². The third-order valence-electron chi connectivity index (χ3n) is 2.20. The van der Waals surface area contributed by atoms with Gasteiger partial charge < -0.3 is 9.84 Å². The lowest BCUT2D eigenvalue weighted by molar-refractivity contribution is -0.137. The Bertz CT molecular complexity index is 365. The van der Waals surface area contributed by atoms with Crippen LogP contribution in [0.4, 0.5) is 0 Å². The number of ether oxygens (including phenoxy) is 1. The first-order valence-electron chi connectivity index (χ1n) is 5.27. The Kier molecular flexibility index (Phi) is 4.58. The van der Waals surface area contributed by atoms with Gasteiger partial charge in [-0.25, -0.2) is 0 Å². The van der Waals surface area contributed by atoms with E-state index in [0.29, 0.717) is 6.61 Å². The molecule has 0 aliphatic rings. The fourth-order valence-electron chi connectivity index (χ4n) is 1.47. The quantitative estimate of drug-likeness (QED) is 0.776. The monoisotopic (exact) mass is 220 g/mol. The SMILES string of the molecule is CC=CC(C(=O)O)c1ccc(OCC)cc1. The molecule has 0 aromatic heterocycles. The third kappa shape index (κ3) is 3.12. The van der Waals surface area contributed by atoms with Crippen LogP contribution >= 0.6 is 0 Å². The van der Waals surface area contributed by atoms with Crippen molar-refractivity contribution in [2.24, 2.45) is 0 Å². The fraction of sp³-hybridized carbons (Fsp3) is 0.308. The van der Waals surface area contributed by atoms with Gasteiger partial charge in [-0.15, -0.1) is 0 Å². The van der Waals surface area contributed by atoms with Gasteiger partial charge >= 0.3 is 5.97 Å². The lowest BCUT2D eigenvalue weighted by Gasteiger charge is -2.09. The molecule has 1 aromatic rings. The van der Waals surface area contributed by atoms with E-state index in [-0.39, 0.29) is 0 Å². The van der Waals surface area contributed by atoms with Crippen LogP contribution in [0.3, 0.4) is 0 Å². The second-order valence-electron chi connectivity index (χ2n) is 3.34. The summed E-state index contributed by atoms with van der Waals surface area (Å²) in [6.45, 7) is 4.33. The first-order valence-corrected chi connectivity index (χ1v) is 5.27. The molecule has 1 rings (SSSR count). The fourth-order valence-corrected chi connectivity index (χ4v) is 1.47. The number of hydrogen-bond acceptors (Lipinski definition) is 2. The lowest BCUT2D eigenvalue weighted by Crippen LogP contribution is -2.08. The Labute approximate surface area is 95.4 Å². The summed E-state index contributed by atoms with van der Waals surface area (Å²) in [4.78, 5) is 11.0. The number of carboxylic acids is 1. The summed E-state index contributed by atoms with van der Waals surface area (Å²) < 4.78 is 5.30. The van der Waals surface area contributed by atoms with E-state index >= 15 is 0 Å². The molecule has 1 aromatic carbocycles. The third-order valence-corrected chi connectivity index (χ3v) is 2.20. The van der Waals surface area contributed by atoms with Gasteiger partial charge in [0.25, 0.3) is 0 Å². The Balaban J connectivity index is 2.89. The Morgan fingerprint density at radius 2 is 2.06 bits per heavy atom. The van der Waals surface area contributed by atoms with E-state index in [1.54, 1.807) is 36.4 Å². The average Bonchev–Trinajstić information content (AvgIpc) is 2.27. The number of carboxylic acid groups (broad SMARTS) is 1. The molecular weight excluding hydrogens is 204 g/mol. The van der Waals surface area contributed by atoms with Crippen LogP contribution < -0.4 is 4.74 Å². The van der Waals surface area contributed by atoms with Crippen LogP contribution in [-0.2, 0) is 4.79 Å². The molecule has 0 amide bonds. The van der Waals surface area contributed by atoms with Crippen molar-refractivity contribution in [1.29, 1.82) is 0 Å². The lowest BCUT2D eigenvalue weighted by atomic mass is 9.99. The van der Waals surface area contributed by atoms with E-state index in [4.69, 9.17) is 9.84 Å². The van der Waals surface area contributed by atoms with Crippen molar-refractivity contribution >= 4 is 5.97 Å². The molecule has 0 saturated carbocycles. The maximum Gasteiger partial charge on any atom is 0.314 e. The summed E-state index contributed by atoms with van der Waals surface area (Å²) in [6, 6.07) is 7.14. The molecule has 0 aliphatic heterocycles. The number of aliphatic carboxylic acids is 1. The van der Waals surface area contributed by atoms with Gasteiger partial charge in [-0.05, 0) is 31.5 Å². The topological polar surface area (TPSA) is 46.5 Å². The molecule has 16 heavy (non-hydrogen) atoms. The second-order valence-corrected chi connectivity index (χ2v) is 3.34. The van der Waals surface area contributed by atoms with Crippen molar-refractivity contribution in [3.63, 3.8) is 0 Å². The van der Waals surface area contributed by atoms with E-state index in [1.165, 1.54) is 0 Å². The summed E-state index contributed by atoms with van der Waals surface area (Å²) >= 11 is 0. The first-order chi connectivity index (χ1) is 7.69. The second kappa shape index (κ2) is 5.95. The number of hydrogen-bond donors (Lipinski definition) is 1. The molecule has 0 bridgehead atoms. The van der Waals surface area contributed by atoms with E-state index in [2.05, 4.69) is 0 Å². The minimum Gasteiger partial charge on any atom is -0.494 e. The maximum atomic E-state index is 11.0. The molecule has 1 unspecified atom stereocenters. The predicted molar refractivity (Wildman–Crippen MR) is 62.8 cm³/mol. The highest BCUT2D eigenvalue weighted by Gasteiger charge is 2.15. The zero-order valence-electron chi connectivity index (χ0n) is 9.51. The summed E-state index contributed by atoms with van der Waals surface area (Å²) in [5.74, 6) is -0.668. The number of carbonyl (C=O) groups is 1. The van der Waals surface area contributed by atoms with Gasteiger partial charge in [0, 0.05) is 0 Å². The molecule has 3 heteroatoms.